The number of carbonyl (C=O) groups is 1. The van der Waals surface area contributed by atoms with Crippen LogP contribution >= 0.6 is 11.6 Å². The van der Waals surface area contributed by atoms with E-state index in [1.807, 2.05) is 6.07 Å². The quantitative estimate of drug-likeness (QED) is 0.922. The van der Waals surface area contributed by atoms with Gasteiger partial charge in [0.15, 0.2) is 0 Å². The maximum Gasteiger partial charge on any atom is 0.253 e. The van der Waals surface area contributed by atoms with Gasteiger partial charge in [-0.2, -0.15) is 0 Å². The summed E-state index contributed by atoms with van der Waals surface area (Å²) in [5.74, 6) is -0.123. The first kappa shape index (κ1) is 13.1. The van der Waals surface area contributed by atoms with Crippen LogP contribution in [-0.4, -0.2) is 16.9 Å². The first-order valence-corrected chi connectivity index (χ1v) is 7.09. The Balaban J connectivity index is 1.71. The maximum atomic E-state index is 12.2. The normalized spacial score (nSPS) is 17.4. The summed E-state index contributed by atoms with van der Waals surface area (Å²) < 4.78 is 0. The van der Waals surface area contributed by atoms with E-state index < -0.39 is 0 Å². The van der Waals surface area contributed by atoms with Crippen LogP contribution in [0.15, 0.2) is 42.7 Å². The molecule has 0 saturated carbocycles. The van der Waals surface area contributed by atoms with Crippen LogP contribution in [0, 0.1) is 0 Å². The van der Waals surface area contributed by atoms with Crippen LogP contribution in [0.2, 0.25) is 5.02 Å². The average molecular weight is 287 g/mol. The smallest absolute Gasteiger partial charge is 0.253 e. The largest absolute Gasteiger partial charge is 0.349 e. The molecule has 0 spiro atoms. The standard InChI is InChI=1S/C16H15ClN2O/c17-15-10-18-8-7-14(15)16(20)19-13-6-5-11-3-1-2-4-12(11)9-13/h1-4,7-8,10,13H,5-6,9H2,(H,19,20). The molecule has 1 N–H and O–H groups in total. The average Bonchev–Trinajstić information content (AvgIpc) is 2.47. The van der Waals surface area contributed by atoms with Crippen molar-refractivity contribution in [1.82, 2.24) is 10.3 Å². The molecule has 1 aromatic carbocycles. The third-order valence-electron chi connectivity index (χ3n) is 3.70. The van der Waals surface area contributed by atoms with Crippen LogP contribution in [-0.2, 0) is 12.8 Å². The number of nitrogens with zero attached hydrogens (tertiary/aromatic N) is 1. The van der Waals surface area contributed by atoms with E-state index in [0.717, 1.165) is 19.3 Å². The molecule has 102 valence electrons. The lowest BCUT2D eigenvalue weighted by molar-refractivity contribution is 0.0933. The van der Waals surface area contributed by atoms with Crippen LogP contribution in [0.25, 0.3) is 0 Å². The molecule has 20 heavy (non-hydrogen) atoms. The topological polar surface area (TPSA) is 42.0 Å². The van der Waals surface area contributed by atoms with Crippen molar-refractivity contribution < 1.29 is 4.79 Å². The molecule has 1 amide bonds. The van der Waals surface area contributed by atoms with Crippen LogP contribution in [0.5, 0.6) is 0 Å². The molecule has 2 aromatic rings. The second-order valence-corrected chi connectivity index (χ2v) is 5.44. The zero-order valence-corrected chi connectivity index (χ0v) is 11.7. The molecule has 0 saturated heterocycles. The van der Waals surface area contributed by atoms with E-state index in [2.05, 4.69) is 28.5 Å². The van der Waals surface area contributed by atoms with E-state index in [-0.39, 0.29) is 11.9 Å². The maximum absolute atomic E-state index is 12.2. The predicted octanol–water partition coefficient (Wildman–Crippen LogP) is 3.02. The molecule has 3 nitrogen and oxygen atoms in total. The van der Waals surface area contributed by atoms with E-state index in [1.165, 1.54) is 17.3 Å². The van der Waals surface area contributed by atoms with Crippen molar-refractivity contribution in [2.24, 2.45) is 0 Å². The number of rotatable bonds is 2. The third kappa shape index (κ3) is 2.68. The van der Waals surface area contributed by atoms with E-state index in [0.29, 0.717) is 10.6 Å². The van der Waals surface area contributed by atoms with Gasteiger partial charge < -0.3 is 5.32 Å². The van der Waals surface area contributed by atoms with E-state index in [4.69, 9.17) is 11.6 Å². The molecular formula is C16H15ClN2O. The molecule has 1 heterocycles. The van der Waals surface area contributed by atoms with E-state index in [1.54, 1.807) is 12.3 Å². The highest BCUT2D eigenvalue weighted by Crippen LogP contribution is 2.22. The summed E-state index contributed by atoms with van der Waals surface area (Å²) in [6.45, 7) is 0. The Hall–Kier alpha value is -1.87. The monoisotopic (exact) mass is 286 g/mol. The van der Waals surface area contributed by atoms with Crippen LogP contribution in [0.1, 0.15) is 27.9 Å². The highest BCUT2D eigenvalue weighted by atomic mass is 35.5. The molecule has 4 heteroatoms. The van der Waals surface area contributed by atoms with E-state index >= 15 is 0 Å². The lowest BCUT2D eigenvalue weighted by atomic mass is 9.88. The van der Waals surface area contributed by atoms with Gasteiger partial charge in [0.05, 0.1) is 10.6 Å². The molecule has 0 bridgehead atoms. The fraction of sp³-hybridized carbons (Fsp3) is 0.250. The van der Waals surface area contributed by atoms with Gasteiger partial charge in [0, 0.05) is 18.4 Å². The summed E-state index contributed by atoms with van der Waals surface area (Å²) in [6.07, 6.45) is 5.92. The van der Waals surface area contributed by atoms with Crippen LogP contribution in [0.3, 0.4) is 0 Å². The molecule has 3 rings (SSSR count). The van der Waals surface area contributed by atoms with Gasteiger partial charge >= 0.3 is 0 Å². The fourth-order valence-corrected chi connectivity index (χ4v) is 2.85. The number of amides is 1. The molecule has 0 aliphatic heterocycles. The van der Waals surface area contributed by atoms with Gasteiger partial charge in [0.2, 0.25) is 0 Å². The van der Waals surface area contributed by atoms with E-state index in [9.17, 15) is 4.79 Å². The Morgan fingerprint density at radius 2 is 2.05 bits per heavy atom. The Morgan fingerprint density at radius 1 is 1.25 bits per heavy atom. The number of carbonyl (C=O) groups excluding carboxylic acids is 1. The fourth-order valence-electron chi connectivity index (χ4n) is 2.64. The summed E-state index contributed by atoms with van der Waals surface area (Å²) >= 11 is 5.99. The second kappa shape index (κ2) is 5.63. The van der Waals surface area contributed by atoms with Crippen molar-refractivity contribution in [3.8, 4) is 0 Å². The predicted molar refractivity (Wildman–Crippen MR) is 79.0 cm³/mol. The number of benzene rings is 1. The molecule has 1 unspecified atom stereocenters. The van der Waals surface area contributed by atoms with Crippen molar-refractivity contribution in [2.75, 3.05) is 0 Å². The summed E-state index contributed by atoms with van der Waals surface area (Å²) in [5.41, 5.74) is 3.20. The second-order valence-electron chi connectivity index (χ2n) is 5.04. The zero-order chi connectivity index (χ0) is 13.9. The molecule has 1 aliphatic rings. The Bertz CT molecular complexity index is 642. The van der Waals surface area contributed by atoms with Crippen molar-refractivity contribution in [2.45, 2.75) is 25.3 Å². The number of fused-ring (bicyclic) bond motifs is 1. The Morgan fingerprint density at radius 3 is 2.85 bits per heavy atom. The first-order chi connectivity index (χ1) is 9.74. The number of hydrogen-bond acceptors (Lipinski definition) is 2. The van der Waals surface area contributed by atoms with Gasteiger partial charge in [0.25, 0.3) is 5.91 Å². The molecule has 1 atom stereocenters. The number of halogens is 1. The minimum atomic E-state index is -0.123. The third-order valence-corrected chi connectivity index (χ3v) is 4.00. The van der Waals surface area contributed by atoms with Crippen molar-refractivity contribution in [3.63, 3.8) is 0 Å². The highest BCUT2D eigenvalue weighted by Gasteiger charge is 2.21. The van der Waals surface area contributed by atoms with Gasteiger partial charge in [-0.1, -0.05) is 35.9 Å². The van der Waals surface area contributed by atoms with Gasteiger partial charge in [-0.3, -0.25) is 9.78 Å². The number of aryl methyl sites for hydroxylation is 1. The van der Waals surface area contributed by atoms with Crippen molar-refractivity contribution >= 4 is 17.5 Å². The van der Waals surface area contributed by atoms with Gasteiger partial charge in [-0.25, -0.2) is 0 Å². The van der Waals surface area contributed by atoms with Crippen molar-refractivity contribution in [3.05, 3.63) is 64.4 Å². The van der Waals surface area contributed by atoms with Gasteiger partial charge in [-0.05, 0) is 36.5 Å². The first-order valence-electron chi connectivity index (χ1n) is 6.71. The minimum Gasteiger partial charge on any atom is -0.349 e. The SMILES string of the molecule is O=C(NC1CCc2ccccc2C1)c1ccncc1Cl. The summed E-state index contributed by atoms with van der Waals surface area (Å²) in [4.78, 5) is 16.1. The number of aromatic nitrogens is 1. The van der Waals surface area contributed by atoms with Gasteiger partial charge in [0.1, 0.15) is 0 Å². The zero-order valence-electron chi connectivity index (χ0n) is 11.0. The summed E-state index contributed by atoms with van der Waals surface area (Å²) in [7, 11) is 0. The minimum absolute atomic E-state index is 0.123. The molecule has 1 aromatic heterocycles. The Labute approximate surface area is 123 Å². The number of nitrogens with one attached hydrogen (secondary N) is 1. The summed E-state index contributed by atoms with van der Waals surface area (Å²) in [5, 5.41) is 3.46. The molecule has 0 fully saturated rings. The van der Waals surface area contributed by atoms with Crippen LogP contribution in [0.4, 0.5) is 0 Å². The molecule has 1 aliphatic carbocycles. The number of hydrogen-bond donors (Lipinski definition) is 1. The highest BCUT2D eigenvalue weighted by molar-refractivity contribution is 6.33. The van der Waals surface area contributed by atoms with Gasteiger partial charge in [-0.15, -0.1) is 0 Å². The number of pyridine rings is 1. The lowest BCUT2D eigenvalue weighted by Gasteiger charge is -2.25. The lowest BCUT2D eigenvalue weighted by Crippen LogP contribution is -2.38. The molecular weight excluding hydrogens is 272 g/mol. The molecule has 0 radical (unpaired) electrons. The Kier molecular flexibility index (Phi) is 3.70. The summed E-state index contributed by atoms with van der Waals surface area (Å²) in [6, 6.07) is 10.2. The van der Waals surface area contributed by atoms with Crippen molar-refractivity contribution in [1.29, 1.82) is 0 Å². The van der Waals surface area contributed by atoms with Crippen LogP contribution < -0.4 is 5.32 Å².